The molecule has 1 heterocycles. The summed E-state index contributed by atoms with van der Waals surface area (Å²) in [5.74, 6) is -0.207. The van der Waals surface area contributed by atoms with Crippen molar-refractivity contribution in [1.82, 2.24) is 10.2 Å². The van der Waals surface area contributed by atoms with Crippen molar-refractivity contribution in [2.45, 2.75) is 38.8 Å². The van der Waals surface area contributed by atoms with E-state index in [9.17, 15) is 14.3 Å². The molecule has 2 rings (SSSR count). The molecule has 2 N–H and O–H groups in total. The monoisotopic (exact) mass is 328 g/mol. The zero-order valence-electron chi connectivity index (χ0n) is 12.9. The van der Waals surface area contributed by atoms with Gasteiger partial charge in [0.1, 0.15) is 5.82 Å². The predicted molar refractivity (Wildman–Crippen MR) is 84.3 cm³/mol. The van der Waals surface area contributed by atoms with E-state index in [1.54, 1.807) is 17.9 Å². The fourth-order valence-corrected chi connectivity index (χ4v) is 2.92. The molecule has 22 heavy (non-hydrogen) atoms. The third-order valence-corrected chi connectivity index (χ3v) is 4.58. The van der Waals surface area contributed by atoms with Crippen molar-refractivity contribution < 1.29 is 14.3 Å². The average Bonchev–Trinajstić information content (AvgIpc) is 2.50. The molecule has 0 saturated carbocycles. The number of aliphatic hydroxyl groups is 1. The van der Waals surface area contributed by atoms with Crippen molar-refractivity contribution in [3.63, 3.8) is 0 Å². The molecular formula is C16H22ClFN2O2. The van der Waals surface area contributed by atoms with Crippen LogP contribution in [-0.4, -0.2) is 35.2 Å². The Balaban J connectivity index is 1.90. The Morgan fingerprint density at radius 1 is 1.41 bits per heavy atom. The minimum absolute atomic E-state index is 0.0522. The lowest BCUT2D eigenvalue weighted by molar-refractivity contribution is 0.0794. The molecule has 1 saturated heterocycles. The van der Waals surface area contributed by atoms with Crippen LogP contribution < -0.4 is 5.32 Å². The van der Waals surface area contributed by atoms with E-state index >= 15 is 0 Å². The Labute approximate surface area is 135 Å². The molecule has 2 atom stereocenters. The Morgan fingerprint density at radius 2 is 2.05 bits per heavy atom. The van der Waals surface area contributed by atoms with Gasteiger partial charge in [-0.25, -0.2) is 9.18 Å². The van der Waals surface area contributed by atoms with E-state index in [4.69, 9.17) is 11.6 Å². The minimum Gasteiger partial charge on any atom is -0.393 e. The predicted octanol–water partition coefficient (Wildman–Crippen LogP) is 3.34. The Hall–Kier alpha value is -1.33. The van der Waals surface area contributed by atoms with Gasteiger partial charge in [-0.1, -0.05) is 17.7 Å². The van der Waals surface area contributed by atoms with Gasteiger partial charge in [-0.2, -0.15) is 0 Å². The highest BCUT2D eigenvalue weighted by Crippen LogP contribution is 2.23. The van der Waals surface area contributed by atoms with Crippen molar-refractivity contribution in [2.24, 2.45) is 5.92 Å². The molecule has 0 bridgehead atoms. The minimum atomic E-state index is -0.468. The van der Waals surface area contributed by atoms with E-state index in [0.717, 1.165) is 18.4 Å². The summed E-state index contributed by atoms with van der Waals surface area (Å²) in [4.78, 5) is 14.0. The van der Waals surface area contributed by atoms with Crippen molar-refractivity contribution in [1.29, 1.82) is 0 Å². The third kappa shape index (κ3) is 4.11. The maximum atomic E-state index is 13.2. The van der Waals surface area contributed by atoms with Crippen LogP contribution in [-0.2, 0) is 0 Å². The van der Waals surface area contributed by atoms with Gasteiger partial charge in [-0.05, 0) is 50.3 Å². The number of rotatable bonds is 3. The normalized spacial score (nSPS) is 18.9. The number of hydrogen-bond donors (Lipinski definition) is 2. The summed E-state index contributed by atoms with van der Waals surface area (Å²) in [6.07, 6.45) is 1.29. The van der Waals surface area contributed by atoms with Gasteiger partial charge >= 0.3 is 6.03 Å². The third-order valence-electron chi connectivity index (χ3n) is 4.29. The lowest BCUT2D eigenvalue weighted by atomic mass is 9.92. The molecular weight excluding hydrogens is 307 g/mol. The molecule has 1 aromatic carbocycles. The summed E-state index contributed by atoms with van der Waals surface area (Å²) in [5.41, 5.74) is 0.763. The Kier molecular flexibility index (Phi) is 5.64. The molecule has 0 aliphatic carbocycles. The SMILES string of the molecule is CC(NC(=O)N1CCC(C(C)O)CC1)c1ccc(F)c(Cl)c1. The van der Waals surface area contributed by atoms with E-state index in [-0.39, 0.29) is 29.1 Å². The molecule has 1 fully saturated rings. The molecule has 2 amide bonds. The largest absolute Gasteiger partial charge is 0.393 e. The number of nitrogens with zero attached hydrogens (tertiary/aromatic N) is 1. The standard InChI is InChI=1S/C16H22ClFN2O2/c1-10(13-3-4-15(18)14(17)9-13)19-16(22)20-7-5-12(6-8-20)11(2)21/h3-4,9-12,21H,5-8H2,1-2H3,(H,19,22). The van der Waals surface area contributed by atoms with Crippen LogP contribution in [0.15, 0.2) is 18.2 Å². The molecule has 2 unspecified atom stereocenters. The van der Waals surface area contributed by atoms with E-state index in [0.29, 0.717) is 13.1 Å². The summed E-state index contributed by atoms with van der Waals surface area (Å²) in [6.45, 7) is 4.90. The summed E-state index contributed by atoms with van der Waals surface area (Å²) in [6, 6.07) is 4.05. The fourth-order valence-electron chi connectivity index (χ4n) is 2.73. The zero-order chi connectivity index (χ0) is 16.3. The van der Waals surface area contributed by atoms with Crippen LogP contribution in [0.4, 0.5) is 9.18 Å². The number of carbonyl (C=O) groups is 1. The van der Waals surface area contributed by atoms with Gasteiger partial charge in [0, 0.05) is 13.1 Å². The first-order valence-electron chi connectivity index (χ1n) is 7.57. The van der Waals surface area contributed by atoms with E-state index in [2.05, 4.69) is 5.32 Å². The number of carbonyl (C=O) groups excluding carboxylic acids is 1. The smallest absolute Gasteiger partial charge is 0.317 e. The summed E-state index contributed by atoms with van der Waals surface area (Å²) in [5, 5.41) is 12.5. The van der Waals surface area contributed by atoms with Crippen LogP contribution in [0.2, 0.25) is 5.02 Å². The van der Waals surface area contributed by atoms with E-state index < -0.39 is 5.82 Å². The molecule has 0 radical (unpaired) electrons. The first kappa shape index (κ1) is 17.0. The topological polar surface area (TPSA) is 52.6 Å². The zero-order valence-corrected chi connectivity index (χ0v) is 13.6. The number of aliphatic hydroxyl groups excluding tert-OH is 1. The number of halogens is 2. The van der Waals surface area contributed by atoms with Crippen LogP contribution in [0.5, 0.6) is 0 Å². The summed E-state index contributed by atoms with van der Waals surface area (Å²) < 4.78 is 13.2. The Morgan fingerprint density at radius 3 is 2.59 bits per heavy atom. The number of amides is 2. The molecule has 4 nitrogen and oxygen atoms in total. The van der Waals surface area contributed by atoms with Crippen molar-refractivity contribution in [2.75, 3.05) is 13.1 Å². The highest BCUT2D eigenvalue weighted by molar-refractivity contribution is 6.30. The molecule has 122 valence electrons. The van der Waals surface area contributed by atoms with Crippen LogP contribution in [0.1, 0.15) is 38.3 Å². The van der Waals surface area contributed by atoms with Crippen LogP contribution in [0.25, 0.3) is 0 Å². The second-order valence-corrected chi connectivity index (χ2v) is 6.32. The molecule has 0 spiro atoms. The second-order valence-electron chi connectivity index (χ2n) is 5.91. The average molecular weight is 329 g/mol. The first-order valence-corrected chi connectivity index (χ1v) is 7.94. The van der Waals surface area contributed by atoms with Gasteiger partial charge < -0.3 is 15.3 Å². The number of likely N-dealkylation sites (tertiary alicyclic amines) is 1. The lowest BCUT2D eigenvalue weighted by Crippen LogP contribution is -2.46. The van der Waals surface area contributed by atoms with E-state index in [1.807, 2.05) is 6.92 Å². The molecule has 1 aromatic rings. The maximum absolute atomic E-state index is 13.2. The highest BCUT2D eigenvalue weighted by Gasteiger charge is 2.26. The van der Waals surface area contributed by atoms with Crippen molar-refractivity contribution in [3.05, 3.63) is 34.6 Å². The van der Waals surface area contributed by atoms with Gasteiger partial charge in [0.25, 0.3) is 0 Å². The number of hydrogen-bond acceptors (Lipinski definition) is 2. The second kappa shape index (κ2) is 7.29. The van der Waals surface area contributed by atoms with Gasteiger partial charge in [-0.3, -0.25) is 0 Å². The number of nitrogens with one attached hydrogen (secondary N) is 1. The first-order chi connectivity index (χ1) is 10.4. The number of piperidine rings is 1. The number of urea groups is 1. The molecule has 6 heteroatoms. The fraction of sp³-hybridized carbons (Fsp3) is 0.562. The molecule has 0 aromatic heterocycles. The Bertz CT molecular complexity index is 531. The molecule has 1 aliphatic rings. The van der Waals surface area contributed by atoms with Gasteiger partial charge in [-0.15, -0.1) is 0 Å². The van der Waals surface area contributed by atoms with Gasteiger partial charge in [0.15, 0.2) is 0 Å². The van der Waals surface area contributed by atoms with Gasteiger partial charge in [0.2, 0.25) is 0 Å². The van der Waals surface area contributed by atoms with Crippen LogP contribution >= 0.6 is 11.6 Å². The van der Waals surface area contributed by atoms with Crippen molar-refractivity contribution in [3.8, 4) is 0 Å². The maximum Gasteiger partial charge on any atom is 0.317 e. The lowest BCUT2D eigenvalue weighted by Gasteiger charge is -2.34. The van der Waals surface area contributed by atoms with Crippen LogP contribution in [0.3, 0.4) is 0 Å². The highest BCUT2D eigenvalue weighted by atomic mass is 35.5. The van der Waals surface area contributed by atoms with E-state index in [1.165, 1.54) is 12.1 Å². The summed E-state index contributed by atoms with van der Waals surface area (Å²) >= 11 is 5.77. The van der Waals surface area contributed by atoms with Gasteiger partial charge in [0.05, 0.1) is 17.2 Å². The number of benzene rings is 1. The quantitative estimate of drug-likeness (QED) is 0.894. The molecule has 1 aliphatic heterocycles. The van der Waals surface area contributed by atoms with Crippen molar-refractivity contribution >= 4 is 17.6 Å². The van der Waals surface area contributed by atoms with Crippen LogP contribution in [0, 0.1) is 11.7 Å². The summed E-state index contributed by atoms with van der Waals surface area (Å²) in [7, 11) is 0.